The molecule has 1 N–H and O–H groups in total. The number of benzene rings is 3. The van der Waals surface area contributed by atoms with E-state index >= 15 is 0 Å². The van der Waals surface area contributed by atoms with E-state index in [0.717, 1.165) is 32.3 Å². The minimum atomic E-state index is -0.393. The van der Waals surface area contributed by atoms with Gasteiger partial charge in [0.25, 0.3) is 11.1 Å². The third-order valence-electron chi connectivity index (χ3n) is 6.18. The molecule has 0 atom stereocenters. The number of nitrogens with zero attached hydrogens (tertiary/aromatic N) is 4. The predicted molar refractivity (Wildman–Crippen MR) is 150 cm³/mol. The normalized spacial score (nSPS) is 10.9. The van der Waals surface area contributed by atoms with Gasteiger partial charge in [0.1, 0.15) is 12.3 Å². The molecule has 0 saturated heterocycles. The average Bonchev–Trinajstić information content (AvgIpc) is 2.95. The second kappa shape index (κ2) is 11.6. The van der Waals surface area contributed by atoms with Crippen LogP contribution >= 0.6 is 0 Å². The van der Waals surface area contributed by atoms with E-state index in [1.165, 1.54) is 16.8 Å². The summed E-state index contributed by atoms with van der Waals surface area (Å²) in [6.45, 7) is 2.60. The van der Waals surface area contributed by atoms with Crippen molar-refractivity contribution in [1.82, 2.24) is 24.9 Å². The number of nitrogens with one attached hydrogen (secondary N) is 1. The van der Waals surface area contributed by atoms with E-state index in [-0.39, 0.29) is 30.8 Å². The summed E-state index contributed by atoms with van der Waals surface area (Å²) >= 11 is 0. The first-order chi connectivity index (χ1) is 19.0. The van der Waals surface area contributed by atoms with E-state index in [2.05, 4.69) is 15.5 Å². The zero-order valence-electron chi connectivity index (χ0n) is 21.4. The van der Waals surface area contributed by atoms with Crippen LogP contribution in [0.3, 0.4) is 0 Å². The van der Waals surface area contributed by atoms with E-state index in [1.807, 2.05) is 73.7 Å². The number of carbonyl (C=O) groups excluding carboxylic acids is 1. The second-order valence-electron chi connectivity index (χ2n) is 8.86. The lowest BCUT2D eigenvalue weighted by Gasteiger charge is -2.10. The Hall–Kier alpha value is -5.05. The van der Waals surface area contributed by atoms with E-state index in [9.17, 15) is 14.4 Å². The smallest absolute Gasteiger partial charge is 0.267 e. The SMILES string of the molecule is CCOc1ccc(-c2ccc(=O)n(CCNC(=O)Cn3nc(-c4ccc5ccccc5c4)ccc3=O)n2)cc1. The lowest BCUT2D eigenvalue weighted by molar-refractivity contribution is -0.121. The van der Waals surface area contributed by atoms with Gasteiger partial charge in [0.2, 0.25) is 5.91 Å². The van der Waals surface area contributed by atoms with Crippen LogP contribution in [0.1, 0.15) is 6.92 Å². The molecule has 0 aliphatic carbocycles. The maximum absolute atomic E-state index is 12.6. The number of hydrogen-bond acceptors (Lipinski definition) is 6. The minimum absolute atomic E-state index is 0.164. The van der Waals surface area contributed by atoms with Crippen LogP contribution in [0.15, 0.2) is 101 Å². The maximum atomic E-state index is 12.6. The monoisotopic (exact) mass is 521 g/mol. The number of aromatic nitrogens is 4. The van der Waals surface area contributed by atoms with Crippen LogP contribution in [0.4, 0.5) is 0 Å². The van der Waals surface area contributed by atoms with Gasteiger partial charge in [-0.3, -0.25) is 14.4 Å². The summed E-state index contributed by atoms with van der Waals surface area (Å²) in [5, 5.41) is 13.7. The van der Waals surface area contributed by atoms with Gasteiger partial charge in [0, 0.05) is 29.8 Å². The Morgan fingerprint density at radius 1 is 0.769 bits per heavy atom. The minimum Gasteiger partial charge on any atom is -0.494 e. The quantitative estimate of drug-likeness (QED) is 0.318. The van der Waals surface area contributed by atoms with Crippen molar-refractivity contribution in [2.24, 2.45) is 0 Å². The van der Waals surface area contributed by atoms with Crippen LogP contribution in [-0.2, 0) is 17.9 Å². The number of ether oxygens (including phenoxy) is 1. The van der Waals surface area contributed by atoms with Gasteiger partial charge in [-0.1, -0.05) is 36.4 Å². The first kappa shape index (κ1) is 25.6. The molecule has 196 valence electrons. The zero-order chi connectivity index (χ0) is 27.2. The molecule has 0 aliphatic heterocycles. The first-order valence-corrected chi connectivity index (χ1v) is 12.7. The van der Waals surface area contributed by atoms with Gasteiger partial charge < -0.3 is 10.1 Å². The molecule has 2 aromatic heterocycles. The number of amides is 1. The molecule has 0 aliphatic rings. The molecule has 0 saturated carbocycles. The average molecular weight is 522 g/mol. The van der Waals surface area contributed by atoms with E-state index in [1.54, 1.807) is 12.1 Å². The van der Waals surface area contributed by atoms with Crippen LogP contribution in [0, 0.1) is 0 Å². The molecule has 0 unspecified atom stereocenters. The highest BCUT2D eigenvalue weighted by Crippen LogP contribution is 2.22. The Labute approximate surface area is 224 Å². The summed E-state index contributed by atoms with van der Waals surface area (Å²) in [7, 11) is 0. The van der Waals surface area contributed by atoms with Crippen LogP contribution in [0.25, 0.3) is 33.3 Å². The second-order valence-corrected chi connectivity index (χ2v) is 8.86. The van der Waals surface area contributed by atoms with Gasteiger partial charge in [0.15, 0.2) is 0 Å². The third kappa shape index (κ3) is 6.10. The van der Waals surface area contributed by atoms with Crippen LogP contribution < -0.4 is 21.2 Å². The fourth-order valence-electron chi connectivity index (χ4n) is 4.21. The van der Waals surface area contributed by atoms with E-state index in [0.29, 0.717) is 18.0 Å². The van der Waals surface area contributed by atoms with E-state index in [4.69, 9.17) is 4.74 Å². The standard InChI is InChI=1S/C30H27N5O4/c1-2-39-25-11-9-22(10-12-25)26-13-15-29(37)34(32-26)18-17-31-28(36)20-35-30(38)16-14-27(33-35)24-8-7-21-5-3-4-6-23(21)19-24/h3-16,19H,2,17-18,20H2,1H3,(H,31,36). The van der Waals surface area contributed by atoms with E-state index < -0.39 is 5.91 Å². The summed E-state index contributed by atoms with van der Waals surface area (Å²) in [4.78, 5) is 37.3. The molecule has 0 fully saturated rings. The lowest BCUT2D eigenvalue weighted by Crippen LogP contribution is -2.36. The molecule has 0 bridgehead atoms. The van der Waals surface area contributed by atoms with Crippen molar-refractivity contribution in [3.63, 3.8) is 0 Å². The Morgan fingerprint density at radius 3 is 2.15 bits per heavy atom. The number of hydrogen-bond donors (Lipinski definition) is 1. The van der Waals surface area contributed by atoms with Crippen molar-refractivity contribution in [3.8, 4) is 28.3 Å². The molecule has 39 heavy (non-hydrogen) atoms. The van der Waals surface area contributed by atoms with Crippen LogP contribution in [0.5, 0.6) is 5.75 Å². The summed E-state index contributed by atoms with van der Waals surface area (Å²) in [6.07, 6.45) is 0. The Bertz CT molecular complexity index is 1740. The number of fused-ring (bicyclic) bond motifs is 1. The predicted octanol–water partition coefficient (Wildman–Crippen LogP) is 3.50. The van der Waals surface area contributed by atoms with Crippen LogP contribution in [-0.4, -0.2) is 38.6 Å². The Morgan fingerprint density at radius 2 is 1.41 bits per heavy atom. The molecule has 9 heteroatoms. The molecule has 9 nitrogen and oxygen atoms in total. The van der Waals surface area contributed by atoms with Gasteiger partial charge in [-0.25, -0.2) is 9.36 Å². The van der Waals surface area contributed by atoms with Crippen molar-refractivity contribution in [2.45, 2.75) is 20.0 Å². The van der Waals surface area contributed by atoms with Gasteiger partial charge in [0.05, 0.1) is 24.5 Å². The number of carbonyl (C=O) groups is 1. The van der Waals surface area contributed by atoms with Gasteiger partial charge in [-0.2, -0.15) is 10.2 Å². The van der Waals surface area contributed by atoms with Crippen LogP contribution in [0.2, 0.25) is 0 Å². The lowest BCUT2D eigenvalue weighted by atomic mass is 10.1. The molecule has 0 radical (unpaired) electrons. The molecule has 0 spiro atoms. The molecule has 1 amide bonds. The third-order valence-corrected chi connectivity index (χ3v) is 6.18. The maximum Gasteiger partial charge on any atom is 0.267 e. The molecule has 2 heterocycles. The summed E-state index contributed by atoms with van der Waals surface area (Å²) in [5.74, 6) is 0.365. The highest BCUT2D eigenvalue weighted by atomic mass is 16.5. The molecular weight excluding hydrogens is 494 g/mol. The van der Waals surface area contributed by atoms with Gasteiger partial charge in [-0.15, -0.1) is 0 Å². The molecule has 5 rings (SSSR count). The fourth-order valence-corrected chi connectivity index (χ4v) is 4.21. The van der Waals surface area contributed by atoms with Crippen molar-refractivity contribution >= 4 is 16.7 Å². The zero-order valence-corrected chi connectivity index (χ0v) is 21.4. The van der Waals surface area contributed by atoms with Crippen molar-refractivity contribution in [3.05, 3.63) is 112 Å². The largest absolute Gasteiger partial charge is 0.494 e. The number of rotatable bonds is 9. The fraction of sp³-hybridized carbons (Fsp3) is 0.167. The Balaban J connectivity index is 1.23. The summed E-state index contributed by atoms with van der Waals surface area (Å²) < 4.78 is 7.91. The molecule has 3 aromatic carbocycles. The van der Waals surface area contributed by atoms with Gasteiger partial charge in [-0.05, 0) is 60.2 Å². The Kier molecular flexibility index (Phi) is 7.58. The topological polar surface area (TPSA) is 108 Å². The van der Waals surface area contributed by atoms with Crippen molar-refractivity contribution in [1.29, 1.82) is 0 Å². The van der Waals surface area contributed by atoms with Gasteiger partial charge >= 0.3 is 0 Å². The molecular formula is C30H27N5O4. The molecule has 5 aromatic rings. The summed E-state index contributed by atoms with van der Waals surface area (Å²) in [5.41, 5.74) is 2.25. The first-order valence-electron chi connectivity index (χ1n) is 12.7. The van der Waals surface area contributed by atoms with Crippen molar-refractivity contribution in [2.75, 3.05) is 13.2 Å². The highest BCUT2D eigenvalue weighted by molar-refractivity contribution is 5.86. The van der Waals surface area contributed by atoms with Crippen molar-refractivity contribution < 1.29 is 9.53 Å². The summed E-state index contributed by atoms with van der Waals surface area (Å²) in [6, 6.07) is 27.5. The highest BCUT2D eigenvalue weighted by Gasteiger charge is 2.10.